The summed E-state index contributed by atoms with van der Waals surface area (Å²) in [7, 11) is 0. The molecule has 0 saturated carbocycles. The highest BCUT2D eigenvalue weighted by Gasteiger charge is 2.53. The molecule has 0 bridgehead atoms. The fourth-order valence-electron chi connectivity index (χ4n) is 4.37. The lowest BCUT2D eigenvalue weighted by Gasteiger charge is -2.32. The number of hydrogen-bond donors (Lipinski definition) is 1. The monoisotopic (exact) mass is 465 g/mol. The minimum absolute atomic E-state index is 0.209. The van der Waals surface area contributed by atoms with E-state index in [4.69, 9.17) is 10.5 Å². The van der Waals surface area contributed by atoms with E-state index in [1.807, 2.05) is 0 Å². The van der Waals surface area contributed by atoms with Gasteiger partial charge in [0, 0.05) is 12.2 Å². The van der Waals surface area contributed by atoms with Crippen LogP contribution in [0, 0.1) is 5.82 Å². The minimum Gasteiger partial charge on any atom is -0.399 e. The van der Waals surface area contributed by atoms with Gasteiger partial charge in [-0.3, -0.25) is 9.59 Å². The average molecular weight is 465 g/mol. The molecule has 6 nitrogen and oxygen atoms in total. The van der Waals surface area contributed by atoms with E-state index in [-0.39, 0.29) is 13.3 Å². The van der Waals surface area contributed by atoms with Crippen molar-refractivity contribution < 1.29 is 31.9 Å². The summed E-state index contributed by atoms with van der Waals surface area (Å²) in [5, 5.41) is 0. The molecule has 1 fully saturated rings. The number of nitrogens with zero attached hydrogens (tertiary/aromatic N) is 2. The highest BCUT2D eigenvalue weighted by atomic mass is 19.4. The summed E-state index contributed by atoms with van der Waals surface area (Å²) in [4.78, 5) is 28.0. The summed E-state index contributed by atoms with van der Waals surface area (Å²) in [6, 6.07) is 7.91. The van der Waals surface area contributed by atoms with Crippen molar-refractivity contribution in [2.45, 2.75) is 44.1 Å². The number of aryl methyl sites for hydroxylation is 1. The summed E-state index contributed by atoms with van der Waals surface area (Å²) in [6.45, 7) is -0.273. The number of hydrogen-bond acceptors (Lipinski definition) is 4. The molecular formula is C23H23F4N3O3. The molecule has 10 heteroatoms. The van der Waals surface area contributed by atoms with Crippen LogP contribution in [0.4, 0.5) is 23.2 Å². The maximum absolute atomic E-state index is 13.5. The van der Waals surface area contributed by atoms with Crippen molar-refractivity contribution in [1.29, 1.82) is 0 Å². The first-order valence-corrected chi connectivity index (χ1v) is 10.4. The standard InChI is InChI=1S/C23H23F4N3O3/c1-14(23(25,26)27)30(11-15-2-4-17(24)5-3-15)20(31)12-29-13-33-22(21(29)32)9-8-16-10-18(28)6-7-19(16)22/h2-7,10,14H,8-9,11-13,28H2,1H3/t14-,22+/m0/s1. The second kappa shape index (κ2) is 8.33. The number of alkyl halides is 3. The number of halogens is 4. The molecular weight excluding hydrogens is 442 g/mol. The number of nitrogens with two attached hydrogens (primary N) is 1. The molecule has 4 rings (SSSR count). The maximum Gasteiger partial charge on any atom is 0.408 e. The number of carbonyl (C=O) groups is 2. The van der Waals surface area contributed by atoms with Gasteiger partial charge in [-0.25, -0.2) is 4.39 Å². The zero-order chi connectivity index (χ0) is 24.0. The van der Waals surface area contributed by atoms with Gasteiger partial charge in [-0.15, -0.1) is 0 Å². The Morgan fingerprint density at radius 2 is 1.94 bits per heavy atom. The van der Waals surface area contributed by atoms with Gasteiger partial charge in [-0.05, 0) is 60.7 Å². The molecule has 1 spiro atoms. The highest BCUT2D eigenvalue weighted by molar-refractivity contribution is 5.93. The van der Waals surface area contributed by atoms with Crippen LogP contribution in [0.25, 0.3) is 0 Å². The van der Waals surface area contributed by atoms with Gasteiger partial charge in [-0.2, -0.15) is 13.2 Å². The van der Waals surface area contributed by atoms with E-state index in [0.717, 1.165) is 29.5 Å². The maximum atomic E-state index is 13.5. The molecule has 2 aliphatic rings. The number of nitrogen functional groups attached to an aromatic ring is 1. The van der Waals surface area contributed by atoms with E-state index < -0.39 is 42.0 Å². The van der Waals surface area contributed by atoms with E-state index in [1.54, 1.807) is 18.2 Å². The fourth-order valence-corrected chi connectivity index (χ4v) is 4.37. The fraction of sp³-hybridized carbons (Fsp3) is 0.391. The molecule has 1 saturated heterocycles. The molecule has 2 atom stereocenters. The second-order valence-corrected chi connectivity index (χ2v) is 8.39. The summed E-state index contributed by atoms with van der Waals surface area (Å²) in [5.41, 5.74) is 7.00. The van der Waals surface area contributed by atoms with E-state index in [9.17, 15) is 27.2 Å². The number of benzene rings is 2. The van der Waals surface area contributed by atoms with Crippen LogP contribution in [0.1, 0.15) is 30.0 Å². The molecule has 0 aromatic heterocycles. The number of anilines is 1. The zero-order valence-corrected chi connectivity index (χ0v) is 17.9. The van der Waals surface area contributed by atoms with E-state index in [0.29, 0.717) is 34.6 Å². The summed E-state index contributed by atoms with van der Waals surface area (Å²) < 4.78 is 59.5. The second-order valence-electron chi connectivity index (χ2n) is 8.39. The molecule has 0 radical (unpaired) electrons. The molecule has 1 heterocycles. The molecule has 33 heavy (non-hydrogen) atoms. The van der Waals surface area contributed by atoms with Crippen LogP contribution in [0.5, 0.6) is 0 Å². The van der Waals surface area contributed by atoms with Crippen LogP contribution in [-0.2, 0) is 32.9 Å². The molecule has 1 aliphatic heterocycles. The minimum atomic E-state index is -4.67. The van der Waals surface area contributed by atoms with Crippen LogP contribution in [0.2, 0.25) is 0 Å². The Hall–Kier alpha value is -3.14. The lowest BCUT2D eigenvalue weighted by molar-refractivity contribution is -0.187. The van der Waals surface area contributed by atoms with Crippen molar-refractivity contribution in [3.05, 3.63) is 65.0 Å². The molecule has 0 unspecified atom stereocenters. The average Bonchev–Trinajstić information content (AvgIpc) is 3.27. The summed E-state index contributed by atoms with van der Waals surface area (Å²) in [5.74, 6) is -1.88. The zero-order valence-electron chi connectivity index (χ0n) is 17.9. The Bertz CT molecular complexity index is 1070. The molecule has 176 valence electrons. The first kappa shape index (κ1) is 23.0. The van der Waals surface area contributed by atoms with E-state index in [1.165, 1.54) is 12.1 Å². The van der Waals surface area contributed by atoms with Gasteiger partial charge in [0.05, 0.1) is 0 Å². The van der Waals surface area contributed by atoms with Gasteiger partial charge in [0.15, 0.2) is 5.60 Å². The topological polar surface area (TPSA) is 75.9 Å². The van der Waals surface area contributed by atoms with Crippen molar-refractivity contribution >= 4 is 17.5 Å². The number of fused-ring (bicyclic) bond motifs is 2. The van der Waals surface area contributed by atoms with Gasteiger partial charge >= 0.3 is 6.18 Å². The number of rotatable bonds is 5. The third kappa shape index (κ3) is 4.27. The number of carbonyl (C=O) groups excluding carboxylic acids is 2. The summed E-state index contributed by atoms with van der Waals surface area (Å²) >= 11 is 0. The Morgan fingerprint density at radius 1 is 1.24 bits per heavy atom. The first-order chi connectivity index (χ1) is 15.5. The predicted molar refractivity (Wildman–Crippen MR) is 111 cm³/mol. The Balaban J connectivity index is 1.54. The van der Waals surface area contributed by atoms with Crippen molar-refractivity contribution in [3.8, 4) is 0 Å². The van der Waals surface area contributed by atoms with Gasteiger partial charge < -0.3 is 20.3 Å². The SMILES string of the molecule is C[C@H](N(Cc1ccc(F)cc1)C(=O)CN1CO[C@@]2(CCc3cc(N)ccc32)C1=O)C(F)(F)F. The van der Waals surface area contributed by atoms with Crippen LogP contribution in [-0.4, -0.2) is 47.1 Å². The van der Waals surface area contributed by atoms with Crippen molar-refractivity contribution in [1.82, 2.24) is 9.80 Å². The van der Waals surface area contributed by atoms with Crippen molar-refractivity contribution in [2.75, 3.05) is 19.0 Å². The molecule has 1 aliphatic carbocycles. The quantitative estimate of drug-likeness (QED) is 0.543. The third-order valence-electron chi connectivity index (χ3n) is 6.26. The Labute approximate surface area is 187 Å². The Kier molecular flexibility index (Phi) is 5.81. The smallest absolute Gasteiger partial charge is 0.399 e. The largest absolute Gasteiger partial charge is 0.408 e. The van der Waals surface area contributed by atoms with Gasteiger partial charge in [0.1, 0.15) is 25.1 Å². The van der Waals surface area contributed by atoms with Gasteiger partial charge in [0.25, 0.3) is 5.91 Å². The number of amides is 2. The lowest BCUT2D eigenvalue weighted by Crippen LogP contribution is -2.50. The van der Waals surface area contributed by atoms with E-state index >= 15 is 0 Å². The Morgan fingerprint density at radius 3 is 2.61 bits per heavy atom. The predicted octanol–water partition coefficient (Wildman–Crippen LogP) is 3.35. The van der Waals surface area contributed by atoms with E-state index in [2.05, 4.69) is 0 Å². The van der Waals surface area contributed by atoms with Crippen LogP contribution in [0.3, 0.4) is 0 Å². The molecule has 2 aromatic carbocycles. The normalized spacial score (nSPS) is 20.9. The van der Waals surface area contributed by atoms with Crippen LogP contribution in [0.15, 0.2) is 42.5 Å². The lowest BCUT2D eigenvalue weighted by atomic mass is 9.94. The molecule has 2 aromatic rings. The summed E-state index contributed by atoms with van der Waals surface area (Å²) in [6.07, 6.45) is -3.74. The van der Waals surface area contributed by atoms with Crippen molar-refractivity contribution in [2.24, 2.45) is 0 Å². The molecule has 2 amide bonds. The highest BCUT2D eigenvalue weighted by Crippen LogP contribution is 2.45. The number of ether oxygens (including phenoxy) is 1. The van der Waals surface area contributed by atoms with Gasteiger partial charge in [0.2, 0.25) is 5.91 Å². The van der Waals surface area contributed by atoms with Crippen LogP contribution >= 0.6 is 0 Å². The van der Waals surface area contributed by atoms with Crippen molar-refractivity contribution in [3.63, 3.8) is 0 Å². The van der Waals surface area contributed by atoms with Gasteiger partial charge in [-0.1, -0.05) is 18.2 Å². The third-order valence-corrected chi connectivity index (χ3v) is 6.26. The van der Waals surface area contributed by atoms with Crippen LogP contribution < -0.4 is 5.73 Å². The first-order valence-electron chi connectivity index (χ1n) is 10.4. The molecule has 2 N–H and O–H groups in total.